The molecule has 0 aliphatic rings. The molecule has 0 radical (unpaired) electrons. The van der Waals surface area contributed by atoms with Crippen LogP contribution in [0.15, 0.2) is 48.5 Å². The van der Waals surface area contributed by atoms with Gasteiger partial charge in [-0.05, 0) is 23.6 Å². The van der Waals surface area contributed by atoms with Gasteiger partial charge in [0.25, 0.3) is 0 Å². The first-order valence-electron chi connectivity index (χ1n) is 6.51. The highest BCUT2D eigenvalue weighted by molar-refractivity contribution is 6.31. The molecule has 1 atom stereocenters. The standard InChI is InChI=1S/C16H17ClFNO/c17-16-13(7-4-8-15(16)18)10-19-14(11-20)9-12-5-2-1-3-6-12/h1-8,14,19-20H,9-11H2. The zero-order valence-corrected chi connectivity index (χ0v) is 11.8. The maximum atomic E-state index is 13.3. The molecule has 0 aromatic heterocycles. The fraction of sp³-hybridized carbons (Fsp3) is 0.250. The summed E-state index contributed by atoms with van der Waals surface area (Å²) in [5, 5.41) is 12.8. The summed E-state index contributed by atoms with van der Waals surface area (Å²) < 4.78 is 13.3. The summed E-state index contributed by atoms with van der Waals surface area (Å²) in [6.07, 6.45) is 0.713. The molecule has 0 saturated carbocycles. The van der Waals surface area contributed by atoms with Crippen LogP contribution in [0.5, 0.6) is 0 Å². The van der Waals surface area contributed by atoms with Crippen molar-refractivity contribution in [1.82, 2.24) is 5.32 Å². The fourth-order valence-electron chi connectivity index (χ4n) is 2.04. The molecule has 106 valence electrons. The minimum atomic E-state index is -0.422. The summed E-state index contributed by atoms with van der Waals surface area (Å²) in [5.74, 6) is -0.422. The van der Waals surface area contributed by atoms with Gasteiger partial charge in [-0.2, -0.15) is 0 Å². The number of hydrogen-bond acceptors (Lipinski definition) is 2. The molecule has 2 aromatic carbocycles. The Morgan fingerprint density at radius 2 is 1.85 bits per heavy atom. The van der Waals surface area contributed by atoms with Crippen LogP contribution in [0, 0.1) is 5.82 Å². The van der Waals surface area contributed by atoms with Crippen molar-refractivity contribution < 1.29 is 9.50 Å². The lowest BCUT2D eigenvalue weighted by Gasteiger charge is -2.17. The summed E-state index contributed by atoms with van der Waals surface area (Å²) >= 11 is 5.90. The normalized spacial score (nSPS) is 12.3. The lowest BCUT2D eigenvalue weighted by molar-refractivity contribution is 0.241. The van der Waals surface area contributed by atoms with Crippen LogP contribution in [0.4, 0.5) is 4.39 Å². The maximum absolute atomic E-state index is 13.3. The Bertz CT molecular complexity index is 547. The van der Waals surface area contributed by atoms with E-state index < -0.39 is 5.82 Å². The predicted molar refractivity (Wildman–Crippen MR) is 79.3 cm³/mol. The molecule has 2 nitrogen and oxygen atoms in total. The number of aliphatic hydroxyl groups excluding tert-OH is 1. The van der Waals surface area contributed by atoms with E-state index in [1.807, 2.05) is 30.3 Å². The van der Waals surface area contributed by atoms with Crippen molar-refractivity contribution >= 4 is 11.6 Å². The number of aliphatic hydroxyl groups is 1. The zero-order chi connectivity index (χ0) is 14.4. The van der Waals surface area contributed by atoms with E-state index in [0.717, 1.165) is 5.56 Å². The van der Waals surface area contributed by atoms with Crippen LogP contribution in [0.3, 0.4) is 0 Å². The molecule has 20 heavy (non-hydrogen) atoms. The predicted octanol–water partition coefficient (Wildman–Crippen LogP) is 3.17. The van der Waals surface area contributed by atoms with Crippen molar-refractivity contribution in [2.45, 2.75) is 19.0 Å². The summed E-state index contributed by atoms with van der Waals surface area (Å²) in [4.78, 5) is 0. The van der Waals surface area contributed by atoms with Gasteiger partial charge in [0.2, 0.25) is 0 Å². The molecule has 2 N–H and O–H groups in total. The molecule has 0 spiro atoms. The molecule has 1 unspecified atom stereocenters. The van der Waals surface area contributed by atoms with Crippen LogP contribution in [-0.2, 0) is 13.0 Å². The van der Waals surface area contributed by atoms with Gasteiger partial charge in [0.05, 0.1) is 11.6 Å². The van der Waals surface area contributed by atoms with E-state index in [0.29, 0.717) is 18.5 Å². The van der Waals surface area contributed by atoms with Gasteiger partial charge in [0.15, 0.2) is 0 Å². The van der Waals surface area contributed by atoms with Crippen molar-refractivity contribution in [3.63, 3.8) is 0 Å². The molecule has 4 heteroatoms. The van der Waals surface area contributed by atoms with Crippen LogP contribution in [-0.4, -0.2) is 17.8 Å². The van der Waals surface area contributed by atoms with Crippen molar-refractivity contribution in [3.8, 4) is 0 Å². The Morgan fingerprint density at radius 1 is 1.10 bits per heavy atom. The third-order valence-electron chi connectivity index (χ3n) is 3.16. The van der Waals surface area contributed by atoms with Gasteiger partial charge < -0.3 is 10.4 Å². The molecule has 0 heterocycles. The van der Waals surface area contributed by atoms with Gasteiger partial charge in [-0.25, -0.2) is 4.39 Å². The molecule has 0 aliphatic heterocycles. The van der Waals surface area contributed by atoms with E-state index >= 15 is 0 Å². The average Bonchev–Trinajstić information content (AvgIpc) is 2.48. The van der Waals surface area contributed by atoms with Crippen LogP contribution in [0.25, 0.3) is 0 Å². The minimum Gasteiger partial charge on any atom is -0.395 e. The fourth-order valence-corrected chi connectivity index (χ4v) is 2.23. The van der Waals surface area contributed by atoms with Gasteiger partial charge in [-0.15, -0.1) is 0 Å². The summed E-state index contributed by atoms with van der Waals surface area (Å²) in [6.45, 7) is 0.441. The smallest absolute Gasteiger partial charge is 0.142 e. The molecule has 0 saturated heterocycles. The Kier molecular flexibility index (Phi) is 5.53. The molecule has 0 bridgehead atoms. The van der Waals surface area contributed by atoms with Crippen LogP contribution in [0.1, 0.15) is 11.1 Å². The first-order chi connectivity index (χ1) is 9.70. The van der Waals surface area contributed by atoms with Gasteiger partial charge in [-0.3, -0.25) is 0 Å². The summed E-state index contributed by atoms with van der Waals surface area (Å²) in [7, 11) is 0. The Morgan fingerprint density at radius 3 is 2.55 bits per heavy atom. The highest BCUT2D eigenvalue weighted by atomic mass is 35.5. The minimum absolute atomic E-state index is 0.0157. The Hall–Kier alpha value is -1.42. The molecular weight excluding hydrogens is 277 g/mol. The topological polar surface area (TPSA) is 32.3 Å². The van der Waals surface area contributed by atoms with E-state index in [4.69, 9.17) is 11.6 Å². The molecule has 2 rings (SSSR count). The lowest BCUT2D eigenvalue weighted by atomic mass is 10.1. The Labute approximate surface area is 123 Å². The average molecular weight is 294 g/mol. The third kappa shape index (κ3) is 4.04. The van der Waals surface area contributed by atoms with Gasteiger partial charge in [0.1, 0.15) is 5.82 Å². The number of rotatable bonds is 6. The van der Waals surface area contributed by atoms with E-state index in [1.165, 1.54) is 6.07 Å². The molecular formula is C16H17ClFNO. The third-order valence-corrected chi connectivity index (χ3v) is 3.58. The number of halogens is 2. The van der Waals surface area contributed by atoms with Crippen LogP contribution in [0.2, 0.25) is 5.02 Å². The van der Waals surface area contributed by atoms with Gasteiger partial charge in [-0.1, -0.05) is 54.1 Å². The largest absolute Gasteiger partial charge is 0.395 e. The van der Waals surface area contributed by atoms with Gasteiger partial charge in [0, 0.05) is 12.6 Å². The van der Waals surface area contributed by atoms with E-state index in [-0.39, 0.29) is 17.7 Å². The molecule has 0 fully saturated rings. The summed E-state index contributed by atoms with van der Waals surface area (Å²) in [5.41, 5.74) is 1.84. The number of benzene rings is 2. The first kappa shape index (κ1) is 15.0. The second-order valence-electron chi connectivity index (χ2n) is 4.66. The molecule has 0 amide bonds. The quantitative estimate of drug-likeness (QED) is 0.857. The van der Waals surface area contributed by atoms with E-state index in [1.54, 1.807) is 12.1 Å². The zero-order valence-electron chi connectivity index (χ0n) is 11.0. The van der Waals surface area contributed by atoms with Crippen LogP contribution < -0.4 is 5.32 Å². The van der Waals surface area contributed by atoms with Crippen LogP contribution >= 0.6 is 11.6 Å². The number of nitrogens with one attached hydrogen (secondary N) is 1. The Balaban J connectivity index is 1.95. The lowest BCUT2D eigenvalue weighted by Crippen LogP contribution is -2.34. The second-order valence-corrected chi connectivity index (χ2v) is 5.04. The SMILES string of the molecule is OCC(Cc1ccccc1)NCc1cccc(F)c1Cl. The monoisotopic (exact) mass is 293 g/mol. The van der Waals surface area contributed by atoms with Crippen molar-refractivity contribution in [1.29, 1.82) is 0 Å². The number of hydrogen-bond donors (Lipinski definition) is 2. The van der Waals surface area contributed by atoms with E-state index in [2.05, 4.69) is 5.32 Å². The highest BCUT2D eigenvalue weighted by Crippen LogP contribution is 2.19. The van der Waals surface area contributed by atoms with Crippen molar-refractivity contribution in [2.24, 2.45) is 0 Å². The van der Waals surface area contributed by atoms with Crippen molar-refractivity contribution in [3.05, 3.63) is 70.5 Å². The maximum Gasteiger partial charge on any atom is 0.142 e. The first-order valence-corrected chi connectivity index (χ1v) is 6.89. The molecule has 2 aromatic rings. The highest BCUT2D eigenvalue weighted by Gasteiger charge is 2.10. The summed E-state index contributed by atoms with van der Waals surface area (Å²) in [6, 6.07) is 14.6. The second kappa shape index (κ2) is 7.39. The van der Waals surface area contributed by atoms with E-state index in [9.17, 15) is 9.50 Å². The molecule has 0 aliphatic carbocycles. The van der Waals surface area contributed by atoms with Crippen molar-refractivity contribution in [2.75, 3.05) is 6.61 Å². The van der Waals surface area contributed by atoms with Gasteiger partial charge >= 0.3 is 0 Å².